The van der Waals surface area contributed by atoms with E-state index in [9.17, 15) is 0 Å². The molecule has 0 bridgehead atoms. The summed E-state index contributed by atoms with van der Waals surface area (Å²) in [6.07, 6.45) is 2.57. The van der Waals surface area contributed by atoms with Crippen molar-refractivity contribution in [1.82, 2.24) is 0 Å². The van der Waals surface area contributed by atoms with Gasteiger partial charge in [-0.2, -0.15) is 0 Å². The predicted molar refractivity (Wildman–Crippen MR) is 70.5 cm³/mol. The summed E-state index contributed by atoms with van der Waals surface area (Å²) < 4.78 is 11.0. The number of hydrogen-bond acceptors (Lipinski definition) is 2. The molecule has 0 amide bonds. The summed E-state index contributed by atoms with van der Waals surface area (Å²) in [4.78, 5) is 0. The van der Waals surface area contributed by atoms with E-state index in [1.54, 1.807) is 12.1 Å². The molecule has 1 unspecified atom stereocenters. The first kappa shape index (κ1) is 13.0. The number of epoxide rings is 1. The molecule has 1 saturated heterocycles. The molecule has 1 aromatic rings. The molecule has 1 aliphatic heterocycles. The van der Waals surface area contributed by atoms with Crippen molar-refractivity contribution in [2.75, 3.05) is 13.2 Å². The van der Waals surface area contributed by atoms with Gasteiger partial charge in [0.2, 0.25) is 0 Å². The zero-order valence-electron chi connectivity index (χ0n) is 9.01. The van der Waals surface area contributed by atoms with Gasteiger partial charge in [0.05, 0.1) is 21.7 Å². The van der Waals surface area contributed by atoms with Crippen LogP contribution in [-0.4, -0.2) is 18.8 Å². The third kappa shape index (κ3) is 3.08. The van der Waals surface area contributed by atoms with Crippen LogP contribution in [0.4, 0.5) is 0 Å². The summed E-state index contributed by atoms with van der Waals surface area (Å²) in [7, 11) is 0. The van der Waals surface area contributed by atoms with Gasteiger partial charge in [0.25, 0.3) is 0 Å². The first-order valence-corrected chi connectivity index (χ1v) is 6.22. The average Bonchev–Trinajstić information content (AvgIpc) is 3.03. The molecule has 1 atom stereocenters. The van der Waals surface area contributed by atoms with Crippen LogP contribution in [0.2, 0.25) is 15.1 Å². The molecule has 92 valence electrons. The third-order valence-corrected chi connectivity index (χ3v) is 3.55. The van der Waals surface area contributed by atoms with E-state index in [1.165, 1.54) is 0 Å². The minimum Gasteiger partial charge on any atom is -0.489 e. The Morgan fingerprint density at radius 1 is 1.29 bits per heavy atom. The lowest BCUT2D eigenvalue weighted by Crippen LogP contribution is -2.20. The van der Waals surface area contributed by atoms with E-state index in [4.69, 9.17) is 44.3 Å². The second-order valence-electron chi connectivity index (χ2n) is 3.95. The van der Waals surface area contributed by atoms with Gasteiger partial charge in [-0.25, -0.2) is 0 Å². The number of halogens is 3. The number of hydrogen-bond donors (Lipinski definition) is 0. The average molecular weight is 294 g/mol. The molecule has 5 heteroatoms. The maximum atomic E-state index is 6.00. The zero-order valence-corrected chi connectivity index (χ0v) is 11.3. The fourth-order valence-electron chi connectivity index (χ4n) is 1.45. The highest BCUT2D eigenvalue weighted by molar-refractivity contribution is 6.43. The topological polar surface area (TPSA) is 21.8 Å². The first-order valence-electron chi connectivity index (χ1n) is 5.08. The molecule has 1 fully saturated rings. The summed E-state index contributed by atoms with van der Waals surface area (Å²) >= 11 is 17.7. The molecular weight excluding hydrogens is 282 g/mol. The highest BCUT2D eigenvalue weighted by Gasteiger charge is 2.44. The fourth-order valence-corrected chi connectivity index (χ4v) is 2.04. The zero-order chi connectivity index (χ0) is 12.5. The smallest absolute Gasteiger partial charge is 0.139 e. The Morgan fingerprint density at radius 3 is 2.53 bits per heavy atom. The SMILES string of the molecule is C=CCC1(COc2cc(Cl)c(Cl)cc2Cl)CO1. The van der Waals surface area contributed by atoms with E-state index in [0.717, 1.165) is 6.42 Å². The summed E-state index contributed by atoms with van der Waals surface area (Å²) in [5.41, 5.74) is -0.239. The van der Waals surface area contributed by atoms with Crippen molar-refractivity contribution in [3.63, 3.8) is 0 Å². The summed E-state index contributed by atoms with van der Waals surface area (Å²) in [6.45, 7) is 4.79. The highest BCUT2D eigenvalue weighted by Crippen LogP contribution is 2.36. The largest absolute Gasteiger partial charge is 0.489 e. The molecule has 2 nitrogen and oxygen atoms in total. The Bertz CT molecular complexity index is 442. The molecule has 2 rings (SSSR count). The standard InChI is InChI=1S/C12H11Cl3O2/c1-2-3-12(7-17-12)6-16-11-5-9(14)8(13)4-10(11)15/h2,4-5H,1,3,6-7H2. The van der Waals surface area contributed by atoms with Crippen molar-refractivity contribution in [3.8, 4) is 5.75 Å². The van der Waals surface area contributed by atoms with Crippen LogP contribution >= 0.6 is 34.8 Å². The van der Waals surface area contributed by atoms with Crippen LogP contribution in [0.1, 0.15) is 6.42 Å². The monoisotopic (exact) mass is 292 g/mol. The van der Waals surface area contributed by atoms with E-state index in [2.05, 4.69) is 6.58 Å². The molecule has 0 aliphatic carbocycles. The summed E-state index contributed by atoms with van der Waals surface area (Å²) in [6, 6.07) is 3.17. The van der Waals surface area contributed by atoms with Crippen LogP contribution in [0.25, 0.3) is 0 Å². The number of rotatable bonds is 5. The second-order valence-corrected chi connectivity index (χ2v) is 5.17. The second kappa shape index (κ2) is 5.07. The predicted octanol–water partition coefficient (Wildman–Crippen LogP) is 4.37. The Kier molecular flexibility index (Phi) is 3.88. The van der Waals surface area contributed by atoms with E-state index in [0.29, 0.717) is 34.0 Å². The van der Waals surface area contributed by atoms with Crippen molar-refractivity contribution in [1.29, 1.82) is 0 Å². The molecule has 1 heterocycles. The lowest BCUT2D eigenvalue weighted by molar-refractivity contribution is 0.190. The van der Waals surface area contributed by atoms with Crippen molar-refractivity contribution in [2.24, 2.45) is 0 Å². The van der Waals surface area contributed by atoms with Gasteiger partial charge < -0.3 is 9.47 Å². The Balaban J connectivity index is 2.04. The van der Waals surface area contributed by atoms with Crippen molar-refractivity contribution >= 4 is 34.8 Å². The van der Waals surface area contributed by atoms with Crippen molar-refractivity contribution < 1.29 is 9.47 Å². The van der Waals surface area contributed by atoms with Gasteiger partial charge in [0, 0.05) is 6.07 Å². The highest BCUT2D eigenvalue weighted by atomic mass is 35.5. The Hall–Kier alpha value is -0.410. The van der Waals surface area contributed by atoms with Crippen LogP contribution in [0.3, 0.4) is 0 Å². The Morgan fingerprint density at radius 2 is 1.94 bits per heavy atom. The maximum absolute atomic E-state index is 6.00. The molecule has 0 spiro atoms. The third-order valence-electron chi connectivity index (χ3n) is 2.53. The van der Waals surface area contributed by atoms with Crippen LogP contribution in [0, 0.1) is 0 Å². The number of benzene rings is 1. The molecule has 0 N–H and O–H groups in total. The quantitative estimate of drug-likeness (QED) is 0.457. The first-order chi connectivity index (χ1) is 8.06. The van der Waals surface area contributed by atoms with Crippen LogP contribution < -0.4 is 4.74 Å². The van der Waals surface area contributed by atoms with E-state index in [1.807, 2.05) is 6.08 Å². The van der Waals surface area contributed by atoms with Crippen LogP contribution in [-0.2, 0) is 4.74 Å². The van der Waals surface area contributed by atoms with E-state index in [-0.39, 0.29) is 5.60 Å². The molecule has 17 heavy (non-hydrogen) atoms. The molecule has 1 aromatic carbocycles. The van der Waals surface area contributed by atoms with Gasteiger partial charge in [-0.3, -0.25) is 0 Å². The van der Waals surface area contributed by atoms with Gasteiger partial charge in [-0.15, -0.1) is 6.58 Å². The molecular formula is C12H11Cl3O2. The van der Waals surface area contributed by atoms with Gasteiger partial charge in [0.1, 0.15) is 18.0 Å². The van der Waals surface area contributed by atoms with Crippen LogP contribution in [0.5, 0.6) is 5.75 Å². The minimum atomic E-state index is -0.239. The molecule has 0 saturated carbocycles. The fraction of sp³-hybridized carbons (Fsp3) is 0.333. The lowest BCUT2D eigenvalue weighted by Gasteiger charge is -2.13. The summed E-state index contributed by atoms with van der Waals surface area (Å²) in [5, 5.41) is 1.27. The Labute approximate surface area is 115 Å². The van der Waals surface area contributed by atoms with Gasteiger partial charge in [0.15, 0.2) is 0 Å². The van der Waals surface area contributed by atoms with Gasteiger partial charge >= 0.3 is 0 Å². The molecule has 1 aliphatic rings. The van der Waals surface area contributed by atoms with E-state index >= 15 is 0 Å². The molecule has 0 aromatic heterocycles. The van der Waals surface area contributed by atoms with Crippen molar-refractivity contribution in [3.05, 3.63) is 39.9 Å². The van der Waals surface area contributed by atoms with Crippen molar-refractivity contribution in [2.45, 2.75) is 12.0 Å². The maximum Gasteiger partial charge on any atom is 0.139 e. The van der Waals surface area contributed by atoms with Crippen LogP contribution in [0.15, 0.2) is 24.8 Å². The van der Waals surface area contributed by atoms with Gasteiger partial charge in [-0.05, 0) is 12.5 Å². The summed E-state index contributed by atoms with van der Waals surface area (Å²) in [5.74, 6) is 0.514. The lowest BCUT2D eigenvalue weighted by atomic mass is 10.1. The van der Waals surface area contributed by atoms with Gasteiger partial charge in [-0.1, -0.05) is 40.9 Å². The minimum absolute atomic E-state index is 0.239. The number of ether oxygens (including phenoxy) is 2. The normalized spacial score (nSPS) is 22.3. The van der Waals surface area contributed by atoms with E-state index < -0.39 is 0 Å². The molecule has 0 radical (unpaired) electrons.